The maximum absolute atomic E-state index is 13.1. The van der Waals surface area contributed by atoms with Crippen LogP contribution >= 0.6 is 0 Å². The van der Waals surface area contributed by atoms with E-state index in [4.69, 9.17) is 4.74 Å². The quantitative estimate of drug-likeness (QED) is 0.456. The first-order valence-electron chi connectivity index (χ1n) is 8.98. The molecule has 0 aliphatic rings. The van der Waals surface area contributed by atoms with Crippen molar-refractivity contribution in [1.82, 2.24) is 10.6 Å². The smallest absolute Gasteiger partial charge is 0.387 e. The maximum Gasteiger partial charge on any atom is 0.387 e. The number of carbonyl (C=O) groups is 2. The van der Waals surface area contributed by atoms with Gasteiger partial charge in [0.1, 0.15) is 5.82 Å². The molecule has 0 heterocycles. The van der Waals surface area contributed by atoms with E-state index in [0.717, 1.165) is 6.08 Å². The van der Waals surface area contributed by atoms with Crippen LogP contribution in [0.3, 0.4) is 0 Å². The van der Waals surface area contributed by atoms with E-state index in [9.17, 15) is 22.8 Å². The Hall–Kier alpha value is -3.49. The second kappa shape index (κ2) is 11.5. The Balaban J connectivity index is 1.81. The van der Waals surface area contributed by atoms with Gasteiger partial charge in [-0.05, 0) is 29.8 Å². The van der Waals surface area contributed by atoms with Gasteiger partial charge in [0.05, 0.1) is 13.5 Å². The lowest BCUT2D eigenvalue weighted by atomic mass is 10.1. The monoisotopic (exact) mass is 422 g/mol. The molecule has 6 nitrogen and oxygen atoms in total. The summed E-state index contributed by atoms with van der Waals surface area (Å²) in [5.41, 5.74) is 0.785. The molecule has 0 aromatic heterocycles. The van der Waals surface area contributed by atoms with Crippen LogP contribution in [0, 0.1) is 5.82 Å². The topological polar surface area (TPSA) is 76.7 Å². The van der Waals surface area contributed by atoms with Crippen molar-refractivity contribution in [1.29, 1.82) is 0 Å². The second-order valence-electron chi connectivity index (χ2n) is 6.04. The molecule has 0 atom stereocenters. The van der Waals surface area contributed by atoms with Gasteiger partial charge in [-0.3, -0.25) is 9.59 Å². The van der Waals surface area contributed by atoms with Crippen molar-refractivity contribution in [2.24, 2.45) is 0 Å². The summed E-state index contributed by atoms with van der Waals surface area (Å²) in [6.07, 6.45) is 2.49. The molecule has 2 amide bonds. The van der Waals surface area contributed by atoms with Gasteiger partial charge in [0.25, 0.3) is 0 Å². The molecule has 0 saturated heterocycles. The normalized spacial score (nSPS) is 10.8. The lowest BCUT2D eigenvalue weighted by Gasteiger charge is -2.12. The molecule has 9 heteroatoms. The molecule has 0 radical (unpaired) electrons. The highest BCUT2D eigenvalue weighted by atomic mass is 19.3. The molecule has 0 saturated carbocycles. The standard InChI is InChI=1S/C21H21F3N2O4/c1-29-17-7-3-5-15(20(17)30-21(23)24)8-9-18(27)25-10-11-26-19(28)13-14-4-2-6-16(22)12-14/h2-9,12,21H,10-11,13H2,1H3,(H,25,27)(H,26,28)/b9-8+. The number of hydrogen-bond acceptors (Lipinski definition) is 4. The van der Waals surface area contributed by atoms with Crippen LogP contribution in [0.4, 0.5) is 13.2 Å². The predicted molar refractivity (Wildman–Crippen MR) is 105 cm³/mol. The molecule has 160 valence electrons. The lowest BCUT2D eigenvalue weighted by molar-refractivity contribution is -0.121. The van der Waals surface area contributed by atoms with Crippen LogP contribution < -0.4 is 20.1 Å². The fraction of sp³-hybridized carbons (Fsp3) is 0.238. The summed E-state index contributed by atoms with van der Waals surface area (Å²) < 4.78 is 47.8. The molecular formula is C21H21F3N2O4. The first-order valence-corrected chi connectivity index (χ1v) is 8.98. The highest BCUT2D eigenvalue weighted by Gasteiger charge is 2.14. The third-order valence-electron chi connectivity index (χ3n) is 3.85. The third-order valence-corrected chi connectivity index (χ3v) is 3.85. The third kappa shape index (κ3) is 7.50. The highest BCUT2D eigenvalue weighted by Crippen LogP contribution is 2.33. The van der Waals surface area contributed by atoms with Gasteiger partial charge in [-0.25, -0.2) is 4.39 Å². The summed E-state index contributed by atoms with van der Waals surface area (Å²) in [5, 5.41) is 5.15. The molecule has 0 aliphatic carbocycles. The number of hydrogen-bond donors (Lipinski definition) is 2. The molecule has 0 bridgehead atoms. The van der Waals surface area contributed by atoms with Gasteiger partial charge >= 0.3 is 6.61 Å². The van der Waals surface area contributed by atoms with Gasteiger partial charge in [0.15, 0.2) is 11.5 Å². The number of benzene rings is 2. The second-order valence-corrected chi connectivity index (χ2v) is 6.04. The first kappa shape index (κ1) is 22.8. The Labute approximate surface area is 171 Å². The summed E-state index contributed by atoms with van der Waals surface area (Å²) in [6, 6.07) is 10.3. The van der Waals surface area contributed by atoms with E-state index in [1.807, 2.05) is 0 Å². The minimum atomic E-state index is -3.04. The van der Waals surface area contributed by atoms with Gasteiger partial charge in [-0.15, -0.1) is 0 Å². The van der Waals surface area contributed by atoms with Crippen molar-refractivity contribution in [3.8, 4) is 11.5 Å². The Morgan fingerprint density at radius 3 is 2.53 bits per heavy atom. The Bertz CT molecular complexity index is 904. The summed E-state index contributed by atoms with van der Waals surface area (Å²) in [7, 11) is 1.32. The minimum Gasteiger partial charge on any atom is -0.493 e. The van der Waals surface area contributed by atoms with Crippen LogP contribution in [0.2, 0.25) is 0 Å². The lowest BCUT2D eigenvalue weighted by Crippen LogP contribution is -2.34. The highest BCUT2D eigenvalue weighted by molar-refractivity contribution is 5.92. The van der Waals surface area contributed by atoms with Crippen molar-refractivity contribution in [2.75, 3.05) is 20.2 Å². The fourth-order valence-electron chi connectivity index (χ4n) is 2.55. The fourth-order valence-corrected chi connectivity index (χ4v) is 2.55. The van der Waals surface area contributed by atoms with Crippen LogP contribution in [0.15, 0.2) is 48.5 Å². The van der Waals surface area contributed by atoms with Gasteiger partial charge in [-0.1, -0.05) is 24.3 Å². The van der Waals surface area contributed by atoms with Gasteiger partial charge in [0.2, 0.25) is 11.8 Å². The van der Waals surface area contributed by atoms with Crippen LogP contribution in [0.25, 0.3) is 6.08 Å². The number of rotatable bonds is 10. The zero-order valence-electron chi connectivity index (χ0n) is 16.2. The largest absolute Gasteiger partial charge is 0.493 e. The number of alkyl halides is 2. The van der Waals surface area contributed by atoms with Crippen molar-refractivity contribution in [3.05, 3.63) is 65.5 Å². The zero-order chi connectivity index (χ0) is 21.9. The average Bonchev–Trinajstić information content (AvgIpc) is 2.70. The molecule has 0 unspecified atom stereocenters. The van der Waals surface area contributed by atoms with E-state index in [2.05, 4.69) is 15.4 Å². The predicted octanol–water partition coefficient (Wildman–Crippen LogP) is 2.92. The van der Waals surface area contributed by atoms with Crippen molar-refractivity contribution in [3.63, 3.8) is 0 Å². The van der Waals surface area contributed by atoms with E-state index in [1.54, 1.807) is 12.1 Å². The van der Waals surface area contributed by atoms with E-state index in [-0.39, 0.29) is 42.5 Å². The number of nitrogens with one attached hydrogen (secondary N) is 2. The molecule has 2 rings (SSSR count). The number of methoxy groups -OCH3 is 1. The van der Waals surface area contributed by atoms with E-state index < -0.39 is 18.3 Å². The summed E-state index contributed by atoms with van der Waals surface area (Å²) in [5.74, 6) is -1.28. The van der Waals surface area contributed by atoms with E-state index in [1.165, 1.54) is 43.5 Å². The van der Waals surface area contributed by atoms with Crippen molar-refractivity contribution >= 4 is 17.9 Å². The summed E-state index contributed by atoms with van der Waals surface area (Å²) in [4.78, 5) is 23.7. The van der Waals surface area contributed by atoms with Gasteiger partial charge in [0, 0.05) is 24.7 Å². The molecule has 0 fully saturated rings. The summed E-state index contributed by atoms with van der Waals surface area (Å²) in [6.45, 7) is -2.72. The van der Waals surface area contributed by atoms with Crippen LogP contribution in [-0.4, -0.2) is 38.6 Å². The SMILES string of the molecule is COc1cccc(/C=C/C(=O)NCCNC(=O)Cc2cccc(F)c2)c1OC(F)F. The minimum absolute atomic E-state index is 0.0222. The number of carbonyl (C=O) groups excluding carboxylic acids is 2. The van der Waals surface area contributed by atoms with E-state index >= 15 is 0 Å². The maximum atomic E-state index is 13.1. The molecular weight excluding hydrogens is 401 g/mol. The molecule has 2 aromatic carbocycles. The number of halogens is 3. The average molecular weight is 422 g/mol. The zero-order valence-corrected chi connectivity index (χ0v) is 16.2. The molecule has 0 aliphatic heterocycles. The van der Waals surface area contributed by atoms with Gasteiger partial charge < -0.3 is 20.1 Å². The van der Waals surface area contributed by atoms with Gasteiger partial charge in [-0.2, -0.15) is 8.78 Å². The van der Waals surface area contributed by atoms with Crippen LogP contribution in [-0.2, 0) is 16.0 Å². The first-order chi connectivity index (χ1) is 14.4. The molecule has 2 aromatic rings. The van der Waals surface area contributed by atoms with Crippen LogP contribution in [0.1, 0.15) is 11.1 Å². The molecule has 0 spiro atoms. The Morgan fingerprint density at radius 1 is 1.10 bits per heavy atom. The van der Waals surface area contributed by atoms with Crippen molar-refractivity contribution in [2.45, 2.75) is 13.0 Å². The Kier molecular flexibility index (Phi) is 8.74. The van der Waals surface area contributed by atoms with Crippen molar-refractivity contribution < 1.29 is 32.2 Å². The molecule has 30 heavy (non-hydrogen) atoms. The molecule has 2 N–H and O–H groups in total. The number of amides is 2. The Morgan fingerprint density at radius 2 is 1.83 bits per heavy atom. The summed E-state index contributed by atoms with van der Waals surface area (Å²) >= 11 is 0. The van der Waals surface area contributed by atoms with Crippen LogP contribution in [0.5, 0.6) is 11.5 Å². The van der Waals surface area contributed by atoms with E-state index in [0.29, 0.717) is 5.56 Å². The number of para-hydroxylation sites is 1. The number of ether oxygens (including phenoxy) is 2.